The molecular weight excluding hydrogens is 436 g/mol. The van der Waals surface area contributed by atoms with Crippen LogP contribution in [0.2, 0.25) is 0 Å². The topological polar surface area (TPSA) is 67.7 Å². The third kappa shape index (κ3) is 3.77. The van der Waals surface area contributed by atoms with E-state index < -0.39 is 6.09 Å². The molecule has 2 aromatic rings. The fourth-order valence-electron chi connectivity index (χ4n) is 3.80. The number of nitrogens with zero attached hydrogens (tertiary/aromatic N) is 4. The molecule has 7 nitrogen and oxygen atoms in total. The van der Waals surface area contributed by atoms with Gasteiger partial charge in [-0.2, -0.15) is 5.10 Å². The lowest BCUT2D eigenvalue weighted by Gasteiger charge is -2.40. The van der Waals surface area contributed by atoms with Crippen molar-refractivity contribution in [3.05, 3.63) is 29.0 Å². The van der Waals surface area contributed by atoms with Gasteiger partial charge in [-0.3, -0.25) is 14.4 Å². The molecule has 1 atom stereocenters. The molecule has 1 aromatic heterocycles. The first-order valence-electron chi connectivity index (χ1n) is 9.92. The van der Waals surface area contributed by atoms with Crippen molar-refractivity contribution in [1.82, 2.24) is 9.78 Å². The summed E-state index contributed by atoms with van der Waals surface area (Å²) in [6.07, 6.45) is 5.57. The zero-order valence-corrected chi connectivity index (χ0v) is 18.6. The number of hydrogen-bond donors (Lipinski definition) is 0. The molecule has 1 aromatic carbocycles. The summed E-state index contributed by atoms with van der Waals surface area (Å²) < 4.78 is 8.31. The summed E-state index contributed by atoms with van der Waals surface area (Å²) in [5.41, 5.74) is 3.26. The molecule has 0 unspecified atom stereocenters. The second kappa shape index (κ2) is 7.48. The van der Waals surface area contributed by atoms with E-state index in [4.69, 9.17) is 4.74 Å². The molecule has 2 heterocycles. The predicted octanol–water partition coefficient (Wildman–Crippen LogP) is 4.75. The van der Waals surface area contributed by atoms with E-state index in [1.54, 1.807) is 16.7 Å². The number of halogens is 1. The number of aromatic nitrogens is 2. The van der Waals surface area contributed by atoms with E-state index in [0.717, 1.165) is 28.4 Å². The first-order chi connectivity index (χ1) is 13.8. The van der Waals surface area contributed by atoms with Gasteiger partial charge in [0.15, 0.2) is 0 Å². The van der Waals surface area contributed by atoms with Crippen LogP contribution in [0.3, 0.4) is 0 Å². The Labute approximate surface area is 178 Å². The number of hydrogen-bond acceptors (Lipinski definition) is 4. The highest BCUT2D eigenvalue weighted by molar-refractivity contribution is 9.10. The minimum atomic E-state index is -0.404. The van der Waals surface area contributed by atoms with Gasteiger partial charge in [0.2, 0.25) is 5.91 Å². The molecule has 0 bridgehead atoms. The van der Waals surface area contributed by atoms with Crippen molar-refractivity contribution in [2.45, 2.75) is 58.7 Å². The molecule has 29 heavy (non-hydrogen) atoms. The maximum absolute atomic E-state index is 12.8. The summed E-state index contributed by atoms with van der Waals surface area (Å²) in [4.78, 5) is 28.5. The molecule has 4 rings (SSSR count). The van der Waals surface area contributed by atoms with Gasteiger partial charge in [0, 0.05) is 35.3 Å². The molecular formula is C21H25BrN4O3. The standard InChI is InChI=1S/C21H25BrN4O3/c1-12(2)29-21(28)24-10-13(3)26(14(4)27)20-8-18(22)17(7-19(20)24)15-9-23-25(11-15)16-5-6-16/h7-9,11-13,16H,5-6,10H2,1-4H3/t13-/m0/s1. The van der Waals surface area contributed by atoms with Crippen LogP contribution in [0.5, 0.6) is 0 Å². The quantitative estimate of drug-likeness (QED) is 0.662. The second-order valence-electron chi connectivity index (χ2n) is 8.04. The maximum Gasteiger partial charge on any atom is 0.414 e. The number of amides is 2. The van der Waals surface area contributed by atoms with E-state index in [1.165, 1.54) is 0 Å². The first kappa shape index (κ1) is 19.9. The smallest absolute Gasteiger partial charge is 0.414 e. The van der Waals surface area contributed by atoms with Gasteiger partial charge in [-0.25, -0.2) is 4.79 Å². The fraction of sp³-hybridized carbons (Fsp3) is 0.476. The molecule has 154 valence electrons. The Balaban J connectivity index is 1.81. The second-order valence-corrected chi connectivity index (χ2v) is 8.90. The summed E-state index contributed by atoms with van der Waals surface area (Å²) in [6.45, 7) is 7.51. The van der Waals surface area contributed by atoms with E-state index in [0.29, 0.717) is 24.0 Å². The number of rotatable bonds is 3. The van der Waals surface area contributed by atoms with E-state index in [1.807, 2.05) is 50.0 Å². The Morgan fingerprint density at radius 1 is 1.24 bits per heavy atom. The zero-order valence-electron chi connectivity index (χ0n) is 17.1. The molecule has 0 spiro atoms. The van der Waals surface area contributed by atoms with E-state index in [9.17, 15) is 9.59 Å². The summed E-state index contributed by atoms with van der Waals surface area (Å²) in [6, 6.07) is 4.19. The normalized spacial score (nSPS) is 18.8. The van der Waals surface area contributed by atoms with Gasteiger partial charge in [-0.05, 0) is 45.7 Å². The first-order valence-corrected chi connectivity index (χ1v) is 10.7. The van der Waals surface area contributed by atoms with Gasteiger partial charge >= 0.3 is 6.09 Å². The van der Waals surface area contributed by atoms with Crippen molar-refractivity contribution in [3.8, 4) is 11.1 Å². The average Bonchev–Trinajstić information content (AvgIpc) is 3.37. The number of ether oxygens (including phenoxy) is 1. The van der Waals surface area contributed by atoms with Crippen LogP contribution in [0.15, 0.2) is 29.0 Å². The summed E-state index contributed by atoms with van der Waals surface area (Å²) in [5, 5.41) is 4.48. The lowest BCUT2D eigenvalue weighted by molar-refractivity contribution is -0.117. The number of benzene rings is 1. The molecule has 0 radical (unpaired) electrons. The van der Waals surface area contributed by atoms with Crippen LogP contribution < -0.4 is 9.80 Å². The Morgan fingerprint density at radius 2 is 1.97 bits per heavy atom. The van der Waals surface area contributed by atoms with Crippen molar-refractivity contribution in [2.24, 2.45) is 0 Å². The van der Waals surface area contributed by atoms with Gasteiger partial charge in [0.25, 0.3) is 0 Å². The minimum Gasteiger partial charge on any atom is -0.446 e. The SMILES string of the molecule is CC(=O)N1c2cc(Br)c(-c3cnn(C4CC4)c3)cc2N(C(=O)OC(C)C)C[C@@H]1C. The van der Waals surface area contributed by atoms with Crippen LogP contribution in [-0.4, -0.2) is 40.5 Å². The summed E-state index contributed by atoms with van der Waals surface area (Å²) >= 11 is 3.66. The van der Waals surface area contributed by atoms with Crippen molar-refractivity contribution >= 4 is 39.3 Å². The van der Waals surface area contributed by atoms with Crippen molar-refractivity contribution in [1.29, 1.82) is 0 Å². The van der Waals surface area contributed by atoms with E-state index >= 15 is 0 Å². The maximum atomic E-state index is 12.8. The van der Waals surface area contributed by atoms with E-state index in [-0.39, 0.29) is 18.1 Å². The molecule has 8 heteroatoms. The lowest BCUT2D eigenvalue weighted by atomic mass is 10.0. The minimum absolute atomic E-state index is 0.0585. The highest BCUT2D eigenvalue weighted by Gasteiger charge is 2.35. The molecule has 1 saturated carbocycles. The Bertz CT molecular complexity index is 967. The summed E-state index contributed by atoms with van der Waals surface area (Å²) in [5.74, 6) is -0.0585. The average molecular weight is 461 g/mol. The van der Waals surface area contributed by atoms with Gasteiger partial charge in [-0.1, -0.05) is 15.9 Å². The van der Waals surface area contributed by atoms with Crippen LogP contribution in [-0.2, 0) is 9.53 Å². The van der Waals surface area contributed by atoms with Crippen LogP contribution in [0.4, 0.5) is 16.2 Å². The number of carbonyl (C=O) groups excluding carboxylic acids is 2. The van der Waals surface area contributed by atoms with Crippen LogP contribution >= 0.6 is 15.9 Å². The Morgan fingerprint density at radius 3 is 2.59 bits per heavy atom. The Kier molecular flexibility index (Phi) is 5.14. The summed E-state index contributed by atoms with van der Waals surface area (Å²) in [7, 11) is 0. The molecule has 1 aliphatic carbocycles. The third-order valence-corrected chi connectivity index (χ3v) is 5.89. The van der Waals surface area contributed by atoms with Crippen LogP contribution in [0, 0.1) is 0 Å². The van der Waals surface area contributed by atoms with Crippen molar-refractivity contribution in [2.75, 3.05) is 16.3 Å². The molecule has 2 aliphatic rings. The number of anilines is 2. The highest BCUT2D eigenvalue weighted by Crippen LogP contribution is 2.43. The zero-order chi connectivity index (χ0) is 20.9. The lowest BCUT2D eigenvalue weighted by Crippen LogP contribution is -2.51. The number of carbonyl (C=O) groups is 2. The molecule has 2 amide bonds. The van der Waals surface area contributed by atoms with Gasteiger partial charge in [0.05, 0.1) is 35.8 Å². The number of fused-ring (bicyclic) bond motifs is 1. The van der Waals surface area contributed by atoms with Gasteiger partial charge < -0.3 is 9.64 Å². The van der Waals surface area contributed by atoms with Gasteiger partial charge in [-0.15, -0.1) is 0 Å². The largest absolute Gasteiger partial charge is 0.446 e. The van der Waals surface area contributed by atoms with Crippen LogP contribution in [0.1, 0.15) is 46.6 Å². The third-order valence-electron chi connectivity index (χ3n) is 5.23. The van der Waals surface area contributed by atoms with Crippen molar-refractivity contribution < 1.29 is 14.3 Å². The molecule has 1 fully saturated rings. The Hall–Kier alpha value is -2.35. The van der Waals surface area contributed by atoms with Crippen LogP contribution in [0.25, 0.3) is 11.1 Å². The van der Waals surface area contributed by atoms with Gasteiger partial charge in [0.1, 0.15) is 0 Å². The highest BCUT2D eigenvalue weighted by atomic mass is 79.9. The fourth-order valence-corrected chi connectivity index (χ4v) is 4.36. The monoisotopic (exact) mass is 460 g/mol. The molecule has 0 saturated heterocycles. The van der Waals surface area contributed by atoms with Crippen molar-refractivity contribution in [3.63, 3.8) is 0 Å². The molecule has 0 N–H and O–H groups in total. The predicted molar refractivity (Wildman–Crippen MR) is 115 cm³/mol. The molecule has 1 aliphatic heterocycles. The van der Waals surface area contributed by atoms with E-state index in [2.05, 4.69) is 21.0 Å².